The Balaban J connectivity index is 1.64. The molecule has 0 spiro atoms. The molecule has 0 bridgehead atoms. The molecule has 0 aromatic heterocycles. The zero-order valence-corrected chi connectivity index (χ0v) is 11.7. The normalized spacial score (nSPS) is 29.6. The van der Waals surface area contributed by atoms with Crippen LogP contribution in [0.2, 0.25) is 0 Å². The van der Waals surface area contributed by atoms with E-state index in [0.717, 1.165) is 25.9 Å². The summed E-state index contributed by atoms with van der Waals surface area (Å²) >= 11 is 0. The van der Waals surface area contributed by atoms with E-state index in [2.05, 4.69) is 10.0 Å². The van der Waals surface area contributed by atoms with Gasteiger partial charge < -0.3 is 10.1 Å². The van der Waals surface area contributed by atoms with E-state index in [1.165, 1.54) is 12.8 Å². The van der Waals surface area contributed by atoms with Crippen LogP contribution in [-0.4, -0.2) is 47.0 Å². The Hall–Kier alpha value is -0.170. The fourth-order valence-electron chi connectivity index (χ4n) is 2.67. The molecule has 2 unspecified atom stereocenters. The Labute approximate surface area is 110 Å². The standard InChI is InChI=1S/C12H24N2O3S/c15-18(16,10-12-4-7-17-9-12)14-6-3-11-2-1-5-13-8-11/h11-14H,1-10H2. The fourth-order valence-corrected chi connectivity index (χ4v) is 4.10. The maximum Gasteiger partial charge on any atom is 0.211 e. The SMILES string of the molecule is O=S(=O)(CC1CCOC1)NCCC1CCCNC1. The molecule has 2 rings (SSSR count). The molecule has 0 aliphatic carbocycles. The topological polar surface area (TPSA) is 67.4 Å². The Morgan fingerprint density at radius 3 is 2.83 bits per heavy atom. The van der Waals surface area contributed by atoms with Gasteiger partial charge in [-0.2, -0.15) is 0 Å². The van der Waals surface area contributed by atoms with Crippen molar-refractivity contribution in [1.29, 1.82) is 0 Å². The van der Waals surface area contributed by atoms with Gasteiger partial charge >= 0.3 is 0 Å². The van der Waals surface area contributed by atoms with Gasteiger partial charge in [-0.25, -0.2) is 13.1 Å². The minimum atomic E-state index is -3.12. The van der Waals surface area contributed by atoms with Crippen LogP contribution in [0.15, 0.2) is 0 Å². The van der Waals surface area contributed by atoms with Crippen molar-refractivity contribution < 1.29 is 13.2 Å². The lowest BCUT2D eigenvalue weighted by molar-refractivity contribution is 0.188. The summed E-state index contributed by atoms with van der Waals surface area (Å²) in [5.41, 5.74) is 0. The third-order valence-corrected chi connectivity index (χ3v) is 5.31. The first kappa shape index (κ1) is 14.2. The van der Waals surface area contributed by atoms with E-state index in [0.29, 0.717) is 25.7 Å². The summed E-state index contributed by atoms with van der Waals surface area (Å²) in [5, 5.41) is 3.35. The van der Waals surface area contributed by atoms with Crippen LogP contribution in [0.5, 0.6) is 0 Å². The third-order valence-electron chi connectivity index (χ3n) is 3.75. The molecule has 0 amide bonds. The quantitative estimate of drug-likeness (QED) is 0.734. The summed E-state index contributed by atoms with van der Waals surface area (Å²) in [5.74, 6) is 1.02. The molecule has 2 fully saturated rings. The minimum absolute atomic E-state index is 0.179. The molecule has 106 valence electrons. The van der Waals surface area contributed by atoms with Crippen molar-refractivity contribution in [2.75, 3.05) is 38.6 Å². The second-order valence-corrected chi connectivity index (χ2v) is 7.26. The van der Waals surface area contributed by atoms with Gasteiger partial charge in [0.15, 0.2) is 0 Å². The predicted octanol–water partition coefficient (Wildman–Crippen LogP) is 0.332. The van der Waals surface area contributed by atoms with E-state index >= 15 is 0 Å². The molecular formula is C12H24N2O3S. The molecule has 5 nitrogen and oxygen atoms in total. The van der Waals surface area contributed by atoms with Crippen molar-refractivity contribution in [3.8, 4) is 0 Å². The molecule has 2 aliphatic rings. The summed E-state index contributed by atoms with van der Waals surface area (Å²) in [6.07, 6.45) is 4.23. The highest BCUT2D eigenvalue weighted by Crippen LogP contribution is 2.15. The van der Waals surface area contributed by atoms with Gasteiger partial charge in [-0.3, -0.25) is 0 Å². The Morgan fingerprint density at radius 2 is 2.17 bits per heavy atom. The monoisotopic (exact) mass is 276 g/mol. The third kappa shape index (κ3) is 4.84. The Morgan fingerprint density at radius 1 is 1.28 bits per heavy atom. The lowest BCUT2D eigenvalue weighted by Crippen LogP contribution is -2.35. The zero-order valence-electron chi connectivity index (χ0n) is 10.9. The van der Waals surface area contributed by atoms with E-state index in [1.54, 1.807) is 0 Å². The lowest BCUT2D eigenvalue weighted by Gasteiger charge is -2.22. The number of hydrogen-bond donors (Lipinski definition) is 2. The van der Waals surface area contributed by atoms with Gasteiger partial charge in [0.25, 0.3) is 0 Å². The van der Waals surface area contributed by atoms with E-state index in [1.807, 2.05) is 0 Å². The van der Waals surface area contributed by atoms with Gasteiger partial charge in [0.2, 0.25) is 10.0 Å². The number of hydrogen-bond acceptors (Lipinski definition) is 4. The summed E-state index contributed by atoms with van der Waals surface area (Å²) in [6.45, 7) is 3.99. The van der Waals surface area contributed by atoms with Crippen LogP contribution in [0, 0.1) is 11.8 Å². The number of piperidine rings is 1. The molecule has 2 N–H and O–H groups in total. The minimum Gasteiger partial charge on any atom is -0.381 e. The van der Waals surface area contributed by atoms with Crippen molar-refractivity contribution in [1.82, 2.24) is 10.0 Å². The van der Waals surface area contributed by atoms with Crippen molar-refractivity contribution in [2.24, 2.45) is 11.8 Å². The molecule has 0 aromatic rings. The van der Waals surface area contributed by atoms with E-state index < -0.39 is 10.0 Å². The number of nitrogens with one attached hydrogen (secondary N) is 2. The molecule has 2 saturated heterocycles. The molecule has 2 aliphatic heterocycles. The first-order valence-corrected chi connectivity index (χ1v) is 8.57. The maximum atomic E-state index is 11.8. The number of rotatable bonds is 6. The lowest BCUT2D eigenvalue weighted by atomic mass is 9.96. The number of ether oxygens (including phenoxy) is 1. The van der Waals surface area contributed by atoms with Crippen LogP contribution in [0.3, 0.4) is 0 Å². The van der Waals surface area contributed by atoms with E-state index in [-0.39, 0.29) is 11.7 Å². The van der Waals surface area contributed by atoms with Crippen LogP contribution in [0.4, 0.5) is 0 Å². The molecule has 0 radical (unpaired) electrons. The molecule has 0 saturated carbocycles. The average molecular weight is 276 g/mol. The van der Waals surface area contributed by atoms with Gasteiger partial charge in [0.1, 0.15) is 0 Å². The summed E-state index contributed by atoms with van der Waals surface area (Å²) in [4.78, 5) is 0. The second kappa shape index (κ2) is 6.84. The van der Waals surface area contributed by atoms with Gasteiger partial charge in [-0.1, -0.05) is 0 Å². The highest BCUT2D eigenvalue weighted by Gasteiger charge is 2.23. The summed E-state index contributed by atoms with van der Waals surface area (Å²) in [7, 11) is -3.12. The highest BCUT2D eigenvalue weighted by molar-refractivity contribution is 7.89. The second-order valence-electron chi connectivity index (χ2n) is 5.41. The molecule has 18 heavy (non-hydrogen) atoms. The molecular weight excluding hydrogens is 252 g/mol. The van der Waals surface area contributed by atoms with Crippen LogP contribution in [0.1, 0.15) is 25.7 Å². The Bertz CT molecular complexity index is 333. The van der Waals surface area contributed by atoms with E-state index in [9.17, 15) is 8.42 Å². The van der Waals surface area contributed by atoms with Crippen molar-refractivity contribution >= 4 is 10.0 Å². The summed E-state index contributed by atoms with van der Waals surface area (Å²) in [6, 6.07) is 0. The fraction of sp³-hybridized carbons (Fsp3) is 1.00. The van der Waals surface area contributed by atoms with Gasteiger partial charge in [0, 0.05) is 13.2 Å². The molecule has 6 heteroatoms. The molecule has 2 atom stereocenters. The van der Waals surface area contributed by atoms with Crippen molar-refractivity contribution in [3.63, 3.8) is 0 Å². The van der Waals surface area contributed by atoms with Crippen molar-refractivity contribution in [3.05, 3.63) is 0 Å². The van der Waals surface area contributed by atoms with Crippen LogP contribution < -0.4 is 10.0 Å². The maximum absolute atomic E-state index is 11.8. The van der Waals surface area contributed by atoms with Crippen LogP contribution in [0.25, 0.3) is 0 Å². The zero-order chi connectivity index (χ0) is 12.8. The average Bonchev–Trinajstić information content (AvgIpc) is 2.82. The number of sulfonamides is 1. The predicted molar refractivity (Wildman–Crippen MR) is 70.9 cm³/mol. The Kier molecular flexibility index (Phi) is 5.41. The highest BCUT2D eigenvalue weighted by atomic mass is 32.2. The van der Waals surface area contributed by atoms with Crippen LogP contribution >= 0.6 is 0 Å². The van der Waals surface area contributed by atoms with Crippen LogP contribution in [-0.2, 0) is 14.8 Å². The van der Waals surface area contributed by atoms with E-state index in [4.69, 9.17) is 4.74 Å². The summed E-state index contributed by atoms with van der Waals surface area (Å²) < 4.78 is 31.6. The van der Waals surface area contributed by atoms with Crippen molar-refractivity contribution in [2.45, 2.75) is 25.7 Å². The van der Waals surface area contributed by atoms with Gasteiger partial charge in [-0.15, -0.1) is 0 Å². The first-order chi connectivity index (χ1) is 8.66. The first-order valence-electron chi connectivity index (χ1n) is 6.91. The van der Waals surface area contributed by atoms with Gasteiger partial charge in [0.05, 0.1) is 12.4 Å². The largest absolute Gasteiger partial charge is 0.381 e. The molecule has 0 aromatic carbocycles. The van der Waals surface area contributed by atoms with Gasteiger partial charge in [-0.05, 0) is 50.6 Å². The molecule has 2 heterocycles. The smallest absolute Gasteiger partial charge is 0.211 e.